The van der Waals surface area contributed by atoms with E-state index < -0.39 is 12.1 Å². The zero-order valence-electron chi connectivity index (χ0n) is 30.2. The van der Waals surface area contributed by atoms with E-state index in [1.165, 1.54) is 19.2 Å². The molecule has 5 aromatic carbocycles. The van der Waals surface area contributed by atoms with E-state index in [-0.39, 0.29) is 22.7 Å². The molecule has 0 fully saturated rings. The van der Waals surface area contributed by atoms with Crippen molar-refractivity contribution in [2.45, 2.75) is 25.5 Å². The lowest BCUT2D eigenvalue weighted by Gasteiger charge is -2.25. The van der Waals surface area contributed by atoms with Crippen molar-refractivity contribution in [2.75, 3.05) is 34.9 Å². The molecule has 8 nitrogen and oxygen atoms in total. The number of nitrogens with zero attached hydrogens (tertiary/aromatic N) is 2. The van der Waals surface area contributed by atoms with Gasteiger partial charge in [0, 0.05) is 36.3 Å². The molecule has 0 aliphatic carbocycles. The number of aldehydes is 1. The van der Waals surface area contributed by atoms with Crippen LogP contribution in [0.5, 0.6) is 17.2 Å². The molecule has 0 spiro atoms. The van der Waals surface area contributed by atoms with E-state index >= 15 is 0 Å². The lowest BCUT2D eigenvalue weighted by molar-refractivity contribution is 0.0601. The fourth-order valence-corrected chi connectivity index (χ4v) is 6.57. The molecule has 0 unspecified atom stereocenters. The predicted molar refractivity (Wildman–Crippen MR) is 203 cm³/mol. The molecule has 0 aliphatic heterocycles. The van der Waals surface area contributed by atoms with E-state index in [2.05, 4.69) is 4.90 Å². The highest BCUT2D eigenvalue weighted by atomic mass is 19.1. The van der Waals surface area contributed by atoms with Gasteiger partial charge >= 0.3 is 5.97 Å². The molecular weight excluding hydrogens is 671 g/mol. The summed E-state index contributed by atoms with van der Waals surface area (Å²) in [6, 6.07) is 33.3. The normalized spacial score (nSPS) is 11.2. The number of fused-ring (bicyclic) bond motifs is 1. The lowest BCUT2D eigenvalue weighted by Crippen LogP contribution is -2.23. The monoisotopic (exact) mass is 712 g/mol. The van der Waals surface area contributed by atoms with Gasteiger partial charge in [-0.3, -0.25) is 9.78 Å². The molecule has 6 aromatic rings. The summed E-state index contributed by atoms with van der Waals surface area (Å²) in [7, 11) is 6.50. The van der Waals surface area contributed by atoms with E-state index in [9.17, 15) is 14.0 Å². The molecule has 1 aromatic heterocycles. The molecule has 0 aliphatic rings. The number of halogens is 1. The second-order valence-electron chi connectivity index (χ2n) is 12.7. The van der Waals surface area contributed by atoms with Crippen LogP contribution in [0, 0.1) is 5.82 Å². The number of carbonyl (C=O) groups is 2. The topological polar surface area (TPSA) is 87.2 Å². The first-order valence-electron chi connectivity index (χ1n) is 17.2. The van der Waals surface area contributed by atoms with Crippen LogP contribution in [0.4, 0.5) is 4.39 Å². The molecule has 0 saturated heterocycles. The first-order chi connectivity index (χ1) is 25.8. The molecule has 0 saturated carbocycles. The molecule has 0 radical (unpaired) electrons. The molecule has 0 atom stereocenters. The average molecular weight is 713 g/mol. The van der Waals surface area contributed by atoms with Crippen LogP contribution >= 0.6 is 0 Å². The summed E-state index contributed by atoms with van der Waals surface area (Å²) in [4.78, 5) is 34.0. The molecule has 0 bridgehead atoms. The Morgan fingerprint density at radius 3 is 2.13 bits per heavy atom. The second-order valence-corrected chi connectivity index (χ2v) is 12.7. The van der Waals surface area contributed by atoms with Crippen molar-refractivity contribution in [3.8, 4) is 17.2 Å². The SMILES string of the molecule is COC(=O)c1c(CCN(C)Cc2ccc(OC)cc2OC)c(C=O)c(OC(c2ccccc2)c2ccccc2)c2ncc(Cc3ccc(F)cc3)cc12. The quantitative estimate of drug-likeness (QED) is 0.0775. The third-order valence-corrected chi connectivity index (χ3v) is 9.25. The maximum Gasteiger partial charge on any atom is 0.338 e. The number of ether oxygens (including phenoxy) is 4. The van der Waals surface area contributed by atoms with E-state index in [0.717, 1.165) is 34.1 Å². The van der Waals surface area contributed by atoms with Crippen LogP contribution in [-0.4, -0.2) is 57.1 Å². The van der Waals surface area contributed by atoms with Crippen LogP contribution in [0.1, 0.15) is 60.2 Å². The Hall–Kier alpha value is -6.06. The highest BCUT2D eigenvalue weighted by Crippen LogP contribution is 2.40. The second kappa shape index (κ2) is 17.0. The molecule has 270 valence electrons. The van der Waals surface area contributed by atoms with Crippen molar-refractivity contribution in [1.82, 2.24) is 9.88 Å². The maximum absolute atomic E-state index is 13.8. The fraction of sp³-hybridized carbons (Fsp3) is 0.205. The minimum atomic E-state index is -0.595. The Morgan fingerprint density at radius 1 is 0.849 bits per heavy atom. The summed E-state index contributed by atoms with van der Waals surface area (Å²) in [6.45, 7) is 0.996. The van der Waals surface area contributed by atoms with Gasteiger partial charge in [0.1, 0.15) is 28.9 Å². The third kappa shape index (κ3) is 8.37. The van der Waals surface area contributed by atoms with Gasteiger partial charge in [-0.2, -0.15) is 0 Å². The number of methoxy groups -OCH3 is 3. The highest BCUT2D eigenvalue weighted by Gasteiger charge is 2.29. The number of likely N-dealkylation sites (N-methyl/N-ethyl adjacent to an activating group) is 1. The highest BCUT2D eigenvalue weighted by molar-refractivity contribution is 6.10. The number of pyridine rings is 1. The smallest absolute Gasteiger partial charge is 0.338 e. The Kier molecular flexibility index (Phi) is 11.8. The van der Waals surface area contributed by atoms with E-state index in [1.807, 2.05) is 92.0 Å². The van der Waals surface area contributed by atoms with Crippen LogP contribution < -0.4 is 14.2 Å². The van der Waals surface area contributed by atoms with Gasteiger partial charge in [-0.1, -0.05) is 78.9 Å². The summed E-state index contributed by atoms with van der Waals surface area (Å²) in [5, 5.41) is 0.492. The van der Waals surface area contributed by atoms with Crippen molar-refractivity contribution in [2.24, 2.45) is 0 Å². The molecule has 0 N–H and O–H groups in total. The van der Waals surface area contributed by atoms with Crippen LogP contribution in [0.2, 0.25) is 0 Å². The van der Waals surface area contributed by atoms with Crippen LogP contribution in [0.15, 0.2) is 115 Å². The lowest BCUT2D eigenvalue weighted by atomic mass is 9.91. The number of hydrogen-bond acceptors (Lipinski definition) is 8. The Morgan fingerprint density at radius 2 is 1.53 bits per heavy atom. The first kappa shape index (κ1) is 36.7. The Balaban J connectivity index is 1.49. The first-order valence-corrected chi connectivity index (χ1v) is 17.2. The number of carbonyl (C=O) groups excluding carboxylic acids is 2. The molecule has 0 amide bonds. The van der Waals surface area contributed by atoms with Gasteiger partial charge in [0.15, 0.2) is 12.0 Å². The van der Waals surface area contributed by atoms with E-state index in [1.54, 1.807) is 32.5 Å². The summed E-state index contributed by atoms with van der Waals surface area (Å²) in [6.07, 6.45) is 2.59. The molecule has 6 rings (SSSR count). The predicted octanol–water partition coefficient (Wildman–Crippen LogP) is 8.42. The number of benzene rings is 5. The van der Waals surface area contributed by atoms with Crippen molar-refractivity contribution in [1.29, 1.82) is 0 Å². The van der Waals surface area contributed by atoms with Gasteiger partial charge in [-0.05, 0) is 72.0 Å². The van der Waals surface area contributed by atoms with Gasteiger partial charge in [0.05, 0.1) is 32.5 Å². The van der Waals surface area contributed by atoms with Crippen molar-refractivity contribution in [3.63, 3.8) is 0 Å². The molecule has 1 heterocycles. The van der Waals surface area contributed by atoms with Crippen molar-refractivity contribution in [3.05, 3.63) is 166 Å². The van der Waals surface area contributed by atoms with Gasteiger partial charge < -0.3 is 23.8 Å². The van der Waals surface area contributed by atoms with Gasteiger partial charge in [-0.25, -0.2) is 9.18 Å². The third-order valence-electron chi connectivity index (χ3n) is 9.25. The van der Waals surface area contributed by atoms with Crippen LogP contribution in [-0.2, 0) is 24.1 Å². The van der Waals surface area contributed by atoms with E-state index in [4.69, 9.17) is 23.9 Å². The molecule has 53 heavy (non-hydrogen) atoms. The number of aromatic nitrogens is 1. The summed E-state index contributed by atoms with van der Waals surface area (Å²) < 4.78 is 37.0. The Bertz CT molecular complexity index is 2150. The Labute approximate surface area is 308 Å². The minimum Gasteiger partial charge on any atom is -0.497 e. The average Bonchev–Trinajstić information content (AvgIpc) is 3.20. The van der Waals surface area contributed by atoms with Crippen molar-refractivity contribution < 1.29 is 32.9 Å². The van der Waals surface area contributed by atoms with Gasteiger partial charge in [0.25, 0.3) is 0 Å². The standard InChI is InChI=1S/C44H41FN2O6/c1-47(27-33-17-20-35(50-2)25-39(33)51-3)22-21-36-38(28-48)43(53-42(31-11-7-5-8-12-31)32-13-9-6-10-14-32)41-37(40(36)44(49)52-4)24-30(26-46-41)23-29-15-18-34(45)19-16-29/h5-20,24-26,28,42H,21-23,27H2,1-4H3. The van der Waals surface area contributed by atoms with Crippen LogP contribution in [0.3, 0.4) is 0 Å². The summed E-state index contributed by atoms with van der Waals surface area (Å²) in [5.74, 6) is 0.722. The molecule has 9 heteroatoms. The zero-order chi connectivity index (χ0) is 37.3. The number of hydrogen-bond donors (Lipinski definition) is 0. The summed E-state index contributed by atoms with van der Waals surface area (Å²) in [5.41, 5.74) is 5.68. The van der Waals surface area contributed by atoms with Crippen molar-refractivity contribution >= 4 is 23.2 Å². The largest absolute Gasteiger partial charge is 0.497 e. The van der Waals surface area contributed by atoms with E-state index in [0.29, 0.717) is 53.9 Å². The summed E-state index contributed by atoms with van der Waals surface area (Å²) >= 11 is 0. The number of esters is 1. The minimum absolute atomic E-state index is 0.226. The maximum atomic E-state index is 13.8. The van der Waals surface area contributed by atoms with Crippen LogP contribution in [0.25, 0.3) is 10.9 Å². The zero-order valence-corrected chi connectivity index (χ0v) is 30.2. The fourth-order valence-electron chi connectivity index (χ4n) is 6.57. The molecular formula is C44H41FN2O6. The number of rotatable bonds is 15. The van der Waals surface area contributed by atoms with Gasteiger partial charge in [-0.15, -0.1) is 0 Å². The van der Waals surface area contributed by atoms with Gasteiger partial charge in [0.2, 0.25) is 0 Å².